The van der Waals surface area contributed by atoms with E-state index in [1.807, 2.05) is 0 Å². The van der Waals surface area contributed by atoms with Gasteiger partial charge in [0.15, 0.2) is 0 Å². The van der Waals surface area contributed by atoms with Gasteiger partial charge >= 0.3 is 11.9 Å². The van der Waals surface area contributed by atoms with Gasteiger partial charge in [-0.05, 0) is 29.8 Å². The zero-order valence-electron chi connectivity index (χ0n) is 7.68. The van der Waals surface area contributed by atoms with Gasteiger partial charge < -0.3 is 15.9 Å². The summed E-state index contributed by atoms with van der Waals surface area (Å²) in [6.45, 7) is 0. The largest absolute Gasteiger partial charge is 0.478 e. The van der Waals surface area contributed by atoms with Crippen LogP contribution in [0.3, 0.4) is 0 Å². The molecule has 0 fully saturated rings. The second kappa shape index (κ2) is 4.28. The van der Waals surface area contributed by atoms with Crippen molar-refractivity contribution in [3.05, 3.63) is 35.4 Å². The Labute approximate surface area is 85.5 Å². The number of carboxylic acids is 2. The van der Waals surface area contributed by atoms with Crippen LogP contribution in [0.1, 0.15) is 15.9 Å². The van der Waals surface area contributed by atoms with Gasteiger partial charge in [-0.2, -0.15) is 0 Å². The molecule has 15 heavy (non-hydrogen) atoms. The Morgan fingerprint density at radius 3 is 2.47 bits per heavy atom. The van der Waals surface area contributed by atoms with E-state index in [-0.39, 0.29) is 5.56 Å². The third-order valence-electron chi connectivity index (χ3n) is 1.74. The van der Waals surface area contributed by atoms with Gasteiger partial charge in [0.1, 0.15) is 0 Å². The normalized spacial score (nSPS) is 10.4. The molecule has 4 N–H and O–H groups in total. The maximum atomic E-state index is 10.6. The van der Waals surface area contributed by atoms with Crippen LogP contribution in [-0.2, 0) is 4.79 Å². The van der Waals surface area contributed by atoms with E-state index in [0.29, 0.717) is 11.3 Å². The topological polar surface area (TPSA) is 101 Å². The van der Waals surface area contributed by atoms with Crippen LogP contribution < -0.4 is 5.73 Å². The molecule has 0 radical (unpaired) electrons. The van der Waals surface area contributed by atoms with Crippen LogP contribution in [0.15, 0.2) is 24.3 Å². The Balaban J connectivity index is 3.11. The van der Waals surface area contributed by atoms with Crippen LogP contribution in [0.25, 0.3) is 6.08 Å². The van der Waals surface area contributed by atoms with E-state index >= 15 is 0 Å². The summed E-state index contributed by atoms with van der Waals surface area (Å²) < 4.78 is 0. The fraction of sp³-hybridized carbons (Fsp3) is 0. The predicted molar refractivity (Wildman–Crippen MR) is 54.5 cm³/mol. The summed E-state index contributed by atoms with van der Waals surface area (Å²) >= 11 is 0. The molecule has 1 rings (SSSR count). The van der Waals surface area contributed by atoms with Gasteiger partial charge in [-0.3, -0.25) is 0 Å². The van der Waals surface area contributed by atoms with E-state index in [9.17, 15) is 9.59 Å². The van der Waals surface area contributed by atoms with Crippen LogP contribution in [-0.4, -0.2) is 22.2 Å². The second-order valence-electron chi connectivity index (χ2n) is 2.82. The molecule has 0 unspecified atom stereocenters. The molecule has 0 saturated heterocycles. The molecule has 0 spiro atoms. The Morgan fingerprint density at radius 1 is 1.27 bits per heavy atom. The van der Waals surface area contributed by atoms with Crippen molar-refractivity contribution in [2.24, 2.45) is 0 Å². The Hall–Kier alpha value is -2.30. The molecule has 0 aromatic heterocycles. The smallest absolute Gasteiger partial charge is 0.335 e. The molecular weight excluding hydrogens is 198 g/mol. The summed E-state index contributed by atoms with van der Waals surface area (Å²) in [5.41, 5.74) is 6.31. The molecule has 1 aromatic carbocycles. The minimum Gasteiger partial charge on any atom is -0.478 e. The molecule has 0 heterocycles. The Kier molecular flexibility index (Phi) is 3.07. The van der Waals surface area contributed by atoms with Crippen molar-refractivity contribution in [3.8, 4) is 0 Å². The first kappa shape index (κ1) is 10.8. The van der Waals surface area contributed by atoms with Gasteiger partial charge in [0.05, 0.1) is 5.56 Å². The number of hydrogen-bond acceptors (Lipinski definition) is 3. The summed E-state index contributed by atoms with van der Waals surface area (Å²) in [6, 6.07) is 4.10. The molecule has 0 aliphatic heterocycles. The van der Waals surface area contributed by atoms with E-state index in [1.54, 1.807) is 0 Å². The molecule has 1 aromatic rings. The fourth-order valence-corrected chi connectivity index (χ4v) is 1.01. The van der Waals surface area contributed by atoms with Crippen LogP contribution >= 0.6 is 0 Å². The average Bonchev–Trinajstić information content (AvgIpc) is 2.16. The molecule has 0 aliphatic carbocycles. The summed E-state index contributed by atoms with van der Waals surface area (Å²) in [6.07, 6.45) is 2.15. The van der Waals surface area contributed by atoms with E-state index in [1.165, 1.54) is 24.3 Å². The quantitative estimate of drug-likeness (QED) is 0.508. The van der Waals surface area contributed by atoms with Gasteiger partial charge in [-0.25, -0.2) is 9.59 Å². The highest BCUT2D eigenvalue weighted by atomic mass is 16.4. The molecule has 5 heteroatoms. The molecule has 78 valence electrons. The van der Waals surface area contributed by atoms with E-state index in [2.05, 4.69) is 0 Å². The highest BCUT2D eigenvalue weighted by molar-refractivity contribution is 5.91. The predicted octanol–water partition coefficient (Wildman–Crippen LogP) is 1.06. The lowest BCUT2D eigenvalue weighted by Crippen LogP contribution is -1.99. The summed E-state index contributed by atoms with van der Waals surface area (Å²) in [5, 5.41) is 17.1. The van der Waals surface area contributed by atoms with Crippen molar-refractivity contribution in [3.63, 3.8) is 0 Å². The first-order valence-electron chi connectivity index (χ1n) is 4.04. The lowest BCUT2D eigenvalue weighted by Gasteiger charge is -2.01. The van der Waals surface area contributed by atoms with Gasteiger partial charge in [-0.1, -0.05) is 0 Å². The first-order chi connectivity index (χ1) is 7.00. The molecule has 0 atom stereocenters. The molecule has 0 saturated carbocycles. The van der Waals surface area contributed by atoms with Gasteiger partial charge in [-0.15, -0.1) is 0 Å². The number of carboxylic acid groups (broad SMARTS) is 2. The number of aliphatic carboxylic acids is 1. The number of hydrogen-bond donors (Lipinski definition) is 3. The van der Waals surface area contributed by atoms with Crippen LogP contribution in [0, 0.1) is 0 Å². The molecule has 0 aliphatic rings. The SMILES string of the molecule is Nc1ccc(C(=O)O)cc1/C=C/C(=O)O. The molecule has 0 bridgehead atoms. The van der Waals surface area contributed by atoms with Crippen LogP contribution in [0.5, 0.6) is 0 Å². The van der Waals surface area contributed by atoms with Gasteiger partial charge in [0, 0.05) is 11.8 Å². The number of nitrogens with two attached hydrogens (primary N) is 1. The monoisotopic (exact) mass is 207 g/mol. The Morgan fingerprint density at radius 2 is 1.93 bits per heavy atom. The molecule has 5 nitrogen and oxygen atoms in total. The van der Waals surface area contributed by atoms with Crippen molar-refractivity contribution >= 4 is 23.7 Å². The highest BCUT2D eigenvalue weighted by Gasteiger charge is 2.04. The zero-order chi connectivity index (χ0) is 11.4. The number of carbonyl (C=O) groups is 2. The van der Waals surface area contributed by atoms with Gasteiger partial charge in [0.25, 0.3) is 0 Å². The van der Waals surface area contributed by atoms with Crippen LogP contribution in [0.4, 0.5) is 5.69 Å². The highest BCUT2D eigenvalue weighted by Crippen LogP contribution is 2.15. The van der Waals surface area contributed by atoms with E-state index in [4.69, 9.17) is 15.9 Å². The number of nitrogen functional groups attached to an aromatic ring is 1. The number of aromatic carboxylic acids is 1. The van der Waals surface area contributed by atoms with Crippen molar-refractivity contribution in [1.29, 1.82) is 0 Å². The van der Waals surface area contributed by atoms with E-state index in [0.717, 1.165) is 6.08 Å². The number of benzene rings is 1. The maximum absolute atomic E-state index is 10.6. The number of rotatable bonds is 3. The van der Waals surface area contributed by atoms with Crippen molar-refractivity contribution in [1.82, 2.24) is 0 Å². The maximum Gasteiger partial charge on any atom is 0.335 e. The number of anilines is 1. The standard InChI is InChI=1S/C10H9NO4/c11-8-3-1-7(10(14)15)5-6(8)2-4-9(12)13/h1-5H,11H2,(H,12,13)(H,14,15)/b4-2+. The van der Waals surface area contributed by atoms with Crippen molar-refractivity contribution in [2.45, 2.75) is 0 Å². The molecule has 0 amide bonds. The third kappa shape index (κ3) is 2.84. The lowest BCUT2D eigenvalue weighted by atomic mass is 10.1. The first-order valence-corrected chi connectivity index (χ1v) is 4.04. The third-order valence-corrected chi connectivity index (χ3v) is 1.74. The fourth-order valence-electron chi connectivity index (χ4n) is 1.01. The second-order valence-corrected chi connectivity index (χ2v) is 2.82. The van der Waals surface area contributed by atoms with E-state index < -0.39 is 11.9 Å². The summed E-state index contributed by atoms with van der Waals surface area (Å²) in [5.74, 6) is -2.20. The zero-order valence-corrected chi connectivity index (χ0v) is 7.68. The summed E-state index contributed by atoms with van der Waals surface area (Å²) in [7, 11) is 0. The summed E-state index contributed by atoms with van der Waals surface area (Å²) in [4.78, 5) is 20.9. The van der Waals surface area contributed by atoms with Gasteiger partial charge in [0.2, 0.25) is 0 Å². The average molecular weight is 207 g/mol. The van der Waals surface area contributed by atoms with Crippen molar-refractivity contribution in [2.75, 3.05) is 5.73 Å². The molecular formula is C10H9NO4. The minimum atomic E-state index is -1.12. The Bertz CT molecular complexity index is 437. The minimum absolute atomic E-state index is 0.0641. The van der Waals surface area contributed by atoms with Crippen LogP contribution in [0.2, 0.25) is 0 Å². The lowest BCUT2D eigenvalue weighted by molar-refractivity contribution is -0.131. The van der Waals surface area contributed by atoms with Crippen molar-refractivity contribution < 1.29 is 19.8 Å².